The third kappa shape index (κ3) is 42.6. The molecule has 3 unspecified atom stereocenters. The average molecular weight is 1850 g/mol. The fourth-order valence-electron chi connectivity index (χ4n) is 13.6. The van der Waals surface area contributed by atoms with Crippen molar-refractivity contribution in [2.75, 3.05) is 61.2 Å². The Morgan fingerprint density at radius 1 is 0.442 bits per heavy atom. The predicted octanol–water partition coefficient (Wildman–Crippen LogP) is 12.5. The van der Waals surface area contributed by atoms with Gasteiger partial charge in [0.25, 0.3) is 16.6 Å². The molecule has 129 heavy (non-hydrogen) atoms. The summed E-state index contributed by atoms with van der Waals surface area (Å²) in [4.78, 5) is 97.3. The molecule has 0 saturated carbocycles. The molecule has 28 nitrogen and oxygen atoms in total. The summed E-state index contributed by atoms with van der Waals surface area (Å²) in [6, 6.07) is 75.7. The van der Waals surface area contributed by atoms with E-state index in [0.29, 0.717) is 102 Å². The normalized spacial score (nSPS) is 11.9. The summed E-state index contributed by atoms with van der Waals surface area (Å²) in [6.45, 7) is 26.3. The molecular formula is C95H131BN10NaO18P2Si2. The van der Waals surface area contributed by atoms with Crippen LogP contribution in [0.3, 0.4) is 0 Å². The van der Waals surface area contributed by atoms with Crippen LogP contribution in [0.2, 0.25) is 10.1 Å². The Kier molecular flexibility index (Phi) is 57.7. The summed E-state index contributed by atoms with van der Waals surface area (Å²) in [6.07, 6.45) is 8.48. The van der Waals surface area contributed by atoms with Crippen LogP contribution in [0.15, 0.2) is 243 Å². The summed E-state index contributed by atoms with van der Waals surface area (Å²) >= 11 is 0. The van der Waals surface area contributed by atoms with Crippen molar-refractivity contribution in [2.45, 2.75) is 200 Å². The number of carbonyl (C=O) groups excluding carboxylic acids is 8. The Bertz CT molecular complexity index is 4500. The van der Waals surface area contributed by atoms with Gasteiger partial charge in [0.05, 0.1) is 44.7 Å². The van der Waals surface area contributed by atoms with Gasteiger partial charge in [0, 0.05) is 51.3 Å². The molecule has 0 fully saturated rings. The molecule has 8 rings (SSSR count). The predicted molar refractivity (Wildman–Crippen MR) is 510 cm³/mol. The van der Waals surface area contributed by atoms with E-state index in [-0.39, 0.29) is 116 Å². The fourth-order valence-corrected chi connectivity index (χ4v) is 24.8. The average Bonchev–Trinajstić information content (AvgIpc) is 0.752. The standard InChI is InChI=1S/C36H52N3O6PSi.C30H39N3O3Si.C22H27N3O5.C6H13O4P.CN.B.Na/c1-6-43-46(42,44-7-2)29-28-37-33(35(41)38-30-20-12-8-13-21-30)26-18-11-19-27-34(40)39-45-47(36(3,4)5,31-22-14-9-15-23-31)32-24-16-10-17-25-32;1-30(2,3)37(25-18-10-5-11-19-25,26-20-12-6-13-21-26)36-33-28(34)23-15-7-14-22-27(31)29(35)32-24-16-8-4-9-17-24;26-20(25-29)15-9-3-8-14-19(21(27)23-18-12-6-2-7-13-18)24-22(28)30-16-17-10-4-1-5-11-17;1-3-9-11(8,6-5-7)10-4-2;1-2;;/h8-10,12-17,20-25,33,37H,6-7,11,18-19,26-29H2,1-5H3,(H,38,41)(H,39,40);4-6,8-13,16-21,27H,7,14-15,22-23,31H2,1-3H3,(H,32,35)(H,33,34);1-2,4-7,10-13,19,29H,3,8-9,14-16H2,(H,23,27)(H,24,28)(H,25,26);5H,3-4,6H2,1-2H3;;;/q;;;;-1;;+1. The van der Waals surface area contributed by atoms with Crippen molar-refractivity contribution in [1.82, 2.24) is 27.1 Å². The van der Waals surface area contributed by atoms with Gasteiger partial charge < -0.3 is 80.8 Å². The smallest absolute Gasteiger partial charge is 0.512 e. The first kappa shape index (κ1) is 116. The molecule has 3 radical (unpaired) electrons. The first-order valence-electron chi connectivity index (χ1n) is 43.1. The largest absolute Gasteiger partial charge is 1.00 e. The van der Waals surface area contributed by atoms with Crippen LogP contribution >= 0.6 is 15.2 Å². The molecule has 0 aliphatic carbocycles. The molecule has 691 valence electrons. The monoisotopic (exact) mass is 1850 g/mol. The van der Waals surface area contributed by atoms with E-state index < -0.39 is 62.0 Å². The van der Waals surface area contributed by atoms with Crippen molar-refractivity contribution in [3.63, 3.8) is 0 Å². The number of nitrogens with zero attached hydrogens (tertiary/aromatic N) is 1. The summed E-state index contributed by atoms with van der Waals surface area (Å²) in [7, 11) is -12.0. The fraction of sp³-hybridized carbons (Fsp3) is 0.400. The number of amides is 7. The van der Waals surface area contributed by atoms with Crippen molar-refractivity contribution in [1.29, 1.82) is 5.26 Å². The second-order valence-electron chi connectivity index (χ2n) is 31.3. The summed E-state index contributed by atoms with van der Waals surface area (Å²) in [5.41, 5.74) is 16.2. The minimum absolute atomic E-state index is 0. The molecule has 0 bridgehead atoms. The first-order valence-corrected chi connectivity index (χ1v) is 50.4. The zero-order chi connectivity index (χ0) is 93.3. The molecule has 0 aliphatic rings. The maximum atomic E-state index is 13.2. The number of unbranched alkanes of at least 4 members (excludes halogenated alkanes) is 6. The van der Waals surface area contributed by atoms with E-state index in [1.807, 2.05) is 170 Å². The molecular weight excluding hydrogens is 1720 g/mol. The third-order valence-corrected chi connectivity index (χ3v) is 33.4. The molecule has 7 amide bonds. The number of hydrogen-bond donors (Lipinski definition) is 10. The second-order valence-corrected chi connectivity index (χ2v) is 44.0. The van der Waals surface area contributed by atoms with E-state index in [1.165, 1.54) is 0 Å². The molecule has 0 saturated heterocycles. The molecule has 11 N–H and O–H groups in total. The summed E-state index contributed by atoms with van der Waals surface area (Å²) < 4.78 is 62.9. The van der Waals surface area contributed by atoms with Gasteiger partial charge in [0.1, 0.15) is 25.1 Å². The van der Waals surface area contributed by atoms with Crippen LogP contribution in [0, 0.1) is 11.8 Å². The maximum absolute atomic E-state index is 13.2. The van der Waals surface area contributed by atoms with E-state index in [1.54, 1.807) is 57.4 Å². The van der Waals surface area contributed by atoms with Gasteiger partial charge in [-0.05, 0) is 139 Å². The van der Waals surface area contributed by atoms with Crippen molar-refractivity contribution < 1.29 is 114 Å². The van der Waals surface area contributed by atoms with Crippen LogP contribution in [-0.2, 0) is 81.2 Å². The van der Waals surface area contributed by atoms with Crippen LogP contribution < -0.4 is 99.1 Å². The molecule has 0 aromatic heterocycles. The third-order valence-electron chi connectivity index (χ3n) is 19.8. The topological polar surface area (TPSA) is 402 Å². The van der Waals surface area contributed by atoms with Gasteiger partial charge >= 0.3 is 50.8 Å². The number of para-hydroxylation sites is 3. The van der Waals surface area contributed by atoms with Gasteiger partial charge in [-0.3, -0.25) is 43.1 Å². The van der Waals surface area contributed by atoms with E-state index in [2.05, 4.69) is 128 Å². The van der Waals surface area contributed by atoms with E-state index in [9.17, 15) is 47.5 Å². The summed E-state index contributed by atoms with van der Waals surface area (Å²) in [5.74, 6) is -1.46. The van der Waals surface area contributed by atoms with Gasteiger partial charge in [-0.25, -0.2) is 21.2 Å². The SMILES string of the molecule is CC(C)(C)[Si](ONC(=O)CCCCCC(N)C(=O)Nc1ccccc1)(c1ccccc1)c1ccccc1.CCOP(=O)(CC=O)OCC.CCOP(=O)(CCNC(CCCCCC(=O)NO[Si](c1ccccc1)(c1ccccc1)C(C)(C)C)C(=O)Nc1ccccc1)OCC.O=C(CCCCCC(NC(=O)OCc1ccccc1)C(=O)Nc1ccccc1)NO.[B].[C-]#N.[Na+]. The Hall–Kier alpha value is -9.39. The summed E-state index contributed by atoms with van der Waals surface area (Å²) in [5, 5.41) is 33.1. The van der Waals surface area contributed by atoms with Crippen LogP contribution in [0.1, 0.15) is 171 Å². The zero-order valence-corrected chi connectivity index (χ0v) is 82.3. The number of hydroxylamine groups is 3. The van der Waals surface area contributed by atoms with Crippen LogP contribution in [0.4, 0.5) is 21.9 Å². The number of ether oxygens (including phenoxy) is 1. The van der Waals surface area contributed by atoms with Crippen molar-refractivity contribution in [3.05, 3.63) is 255 Å². The zero-order valence-electron chi connectivity index (χ0n) is 76.6. The van der Waals surface area contributed by atoms with Gasteiger partial charge in [-0.15, -0.1) is 0 Å². The van der Waals surface area contributed by atoms with E-state index >= 15 is 0 Å². The second kappa shape index (κ2) is 64.4. The minimum Gasteiger partial charge on any atom is -0.512 e. The van der Waals surface area contributed by atoms with Gasteiger partial charge in [0.15, 0.2) is 0 Å². The Balaban J connectivity index is 0.000000618. The van der Waals surface area contributed by atoms with Crippen molar-refractivity contribution in [3.8, 4) is 0 Å². The molecule has 34 heteroatoms. The number of rotatable bonds is 49. The van der Waals surface area contributed by atoms with Gasteiger partial charge in [-0.2, -0.15) is 0 Å². The Morgan fingerprint density at radius 2 is 0.752 bits per heavy atom. The van der Waals surface area contributed by atoms with E-state index in [4.69, 9.17) is 54.7 Å². The maximum Gasteiger partial charge on any atom is 1.00 e. The van der Waals surface area contributed by atoms with Gasteiger partial charge in [-0.1, -0.05) is 286 Å². The number of carbonyl (C=O) groups is 8. The van der Waals surface area contributed by atoms with Gasteiger partial charge in [0.2, 0.25) is 35.4 Å². The number of nitrogens with one attached hydrogen (secondary N) is 8. The van der Waals surface area contributed by atoms with Crippen LogP contribution in [-0.4, -0.2) is 141 Å². The molecule has 0 spiro atoms. The number of anilines is 3. The Morgan fingerprint density at radius 3 is 1.09 bits per heavy atom. The van der Waals surface area contributed by atoms with Crippen molar-refractivity contribution in [2.24, 2.45) is 5.73 Å². The molecule has 0 heterocycles. The number of hydrogen-bond acceptors (Lipinski definition) is 21. The van der Waals surface area contributed by atoms with Crippen molar-refractivity contribution >= 4 is 126 Å². The van der Waals surface area contributed by atoms with E-state index in [0.717, 1.165) is 57.7 Å². The number of alkyl carbamates (subject to hydrolysis) is 1. The number of benzene rings is 8. The minimum atomic E-state index is -3.24. The Labute approximate surface area is 789 Å². The van der Waals surface area contributed by atoms with Crippen LogP contribution in [0.5, 0.6) is 0 Å². The molecule has 3 atom stereocenters. The first-order chi connectivity index (χ1) is 61.0. The molecule has 8 aromatic rings. The van der Waals surface area contributed by atoms with Crippen LogP contribution in [0.25, 0.3) is 0 Å². The number of nitrogens with two attached hydrogens (primary N) is 1. The number of aldehydes is 1. The molecule has 0 aliphatic heterocycles. The quantitative estimate of drug-likeness (QED) is 0.00322. The molecule has 8 aromatic carbocycles.